The van der Waals surface area contributed by atoms with Gasteiger partial charge in [0.05, 0.1) is 0 Å². The maximum Gasteiger partial charge on any atom is 0.220 e. The van der Waals surface area contributed by atoms with Crippen molar-refractivity contribution < 1.29 is 4.79 Å². The van der Waals surface area contributed by atoms with Gasteiger partial charge in [-0.3, -0.25) is 4.79 Å². The Hall–Kier alpha value is -0.280. The molecule has 0 aromatic rings. The number of amides is 1. The first kappa shape index (κ1) is 18.1. The lowest BCUT2D eigenvalue weighted by atomic mass is 9.90. The number of carbonyl (C=O) groups excluding carboxylic acids is 1. The van der Waals surface area contributed by atoms with Crippen molar-refractivity contribution in [2.75, 3.05) is 13.1 Å². The summed E-state index contributed by atoms with van der Waals surface area (Å²) < 4.78 is 0. The fourth-order valence-corrected chi connectivity index (χ4v) is 1.24. The van der Waals surface area contributed by atoms with Crippen LogP contribution in [-0.4, -0.2) is 19.0 Å². The molecular weight excluding hydrogens is 224 g/mol. The Morgan fingerprint density at radius 3 is 2.38 bits per heavy atom. The zero-order valence-corrected chi connectivity index (χ0v) is 11.8. The van der Waals surface area contributed by atoms with E-state index in [0.717, 1.165) is 12.8 Å². The molecule has 1 amide bonds. The van der Waals surface area contributed by atoms with Crippen LogP contribution in [0.5, 0.6) is 0 Å². The van der Waals surface area contributed by atoms with Crippen LogP contribution < -0.4 is 11.1 Å². The lowest BCUT2D eigenvalue weighted by Crippen LogP contribution is -2.31. The van der Waals surface area contributed by atoms with Gasteiger partial charge in [0.15, 0.2) is 0 Å². The van der Waals surface area contributed by atoms with Crippen molar-refractivity contribution in [3.8, 4) is 0 Å². The summed E-state index contributed by atoms with van der Waals surface area (Å²) in [6.07, 6.45) is 2.69. The minimum atomic E-state index is 0. The second-order valence-corrected chi connectivity index (χ2v) is 5.56. The molecule has 1 unspecified atom stereocenters. The van der Waals surface area contributed by atoms with Crippen LogP contribution in [0.2, 0.25) is 0 Å². The monoisotopic (exact) mass is 250 g/mol. The van der Waals surface area contributed by atoms with E-state index < -0.39 is 0 Å². The highest BCUT2D eigenvalue weighted by molar-refractivity contribution is 5.85. The molecule has 98 valence electrons. The van der Waals surface area contributed by atoms with Crippen molar-refractivity contribution in [3.63, 3.8) is 0 Å². The lowest BCUT2D eigenvalue weighted by Gasteiger charge is -2.17. The molecule has 0 aromatic carbocycles. The fraction of sp³-hybridized carbons (Fsp3) is 0.917. The maximum absolute atomic E-state index is 11.4. The number of hydrogen-bond donors (Lipinski definition) is 2. The molecule has 0 rings (SSSR count). The average molecular weight is 251 g/mol. The van der Waals surface area contributed by atoms with E-state index in [-0.39, 0.29) is 18.3 Å². The summed E-state index contributed by atoms with van der Waals surface area (Å²) in [4.78, 5) is 11.4. The third-order valence-electron chi connectivity index (χ3n) is 2.38. The molecule has 0 radical (unpaired) electrons. The van der Waals surface area contributed by atoms with Crippen molar-refractivity contribution in [2.45, 2.75) is 47.0 Å². The quantitative estimate of drug-likeness (QED) is 0.760. The first-order valence-corrected chi connectivity index (χ1v) is 5.82. The number of rotatable bonds is 6. The highest BCUT2D eigenvalue weighted by Crippen LogP contribution is 2.21. The molecule has 0 aliphatic heterocycles. The van der Waals surface area contributed by atoms with E-state index in [0.29, 0.717) is 30.8 Å². The molecular formula is C12H27ClN2O. The molecule has 0 saturated heterocycles. The lowest BCUT2D eigenvalue weighted by molar-refractivity contribution is -0.121. The molecule has 0 heterocycles. The van der Waals surface area contributed by atoms with E-state index in [1.807, 2.05) is 6.92 Å². The topological polar surface area (TPSA) is 55.1 Å². The summed E-state index contributed by atoms with van der Waals surface area (Å²) in [7, 11) is 0. The summed E-state index contributed by atoms with van der Waals surface area (Å²) in [5.41, 5.74) is 5.79. The molecule has 0 aliphatic carbocycles. The number of hydrogen-bond acceptors (Lipinski definition) is 2. The van der Waals surface area contributed by atoms with Crippen molar-refractivity contribution in [3.05, 3.63) is 0 Å². The van der Waals surface area contributed by atoms with Crippen LogP contribution in [0.15, 0.2) is 0 Å². The van der Waals surface area contributed by atoms with Gasteiger partial charge in [0.25, 0.3) is 0 Å². The van der Waals surface area contributed by atoms with E-state index in [9.17, 15) is 4.79 Å². The first-order valence-electron chi connectivity index (χ1n) is 5.82. The predicted molar refractivity (Wildman–Crippen MR) is 71.8 cm³/mol. The third-order valence-corrected chi connectivity index (χ3v) is 2.38. The van der Waals surface area contributed by atoms with Gasteiger partial charge in [-0.25, -0.2) is 0 Å². The van der Waals surface area contributed by atoms with Gasteiger partial charge in [-0.2, -0.15) is 0 Å². The summed E-state index contributed by atoms with van der Waals surface area (Å²) in [6.45, 7) is 9.95. The van der Waals surface area contributed by atoms with Crippen LogP contribution >= 0.6 is 12.4 Å². The molecule has 0 fully saturated rings. The number of nitrogens with one attached hydrogen (secondary N) is 1. The first-order chi connectivity index (χ1) is 6.85. The van der Waals surface area contributed by atoms with Gasteiger partial charge in [0, 0.05) is 13.0 Å². The largest absolute Gasteiger partial charge is 0.356 e. The van der Waals surface area contributed by atoms with Crippen molar-refractivity contribution in [2.24, 2.45) is 17.1 Å². The fourth-order valence-electron chi connectivity index (χ4n) is 1.24. The minimum absolute atomic E-state index is 0. The van der Waals surface area contributed by atoms with Gasteiger partial charge in [-0.05, 0) is 30.7 Å². The number of halogens is 1. The van der Waals surface area contributed by atoms with E-state index in [2.05, 4.69) is 26.1 Å². The van der Waals surface area contributed by atoms with Crippen LogP contribution in [-0.2, 0) is 4.79 Å². The highest BCUT2D eigenvalue weighted by atomic mass is 35.5. The molecule has 1 atom stereocenters. The second kappa shape index (κ2) is 8.82. The summed E-state index contributed by atoms with van der Waals surface area (Å²) in [5, 5.41) is 2.90. The Morgan fingerprint density at radius 2 is 1.94 bits per heavy atom. The number of carbonyl (C=O) groups is 1. The molecule has 0 aliphatic rings. The SMILES string of the molecule is CC(CN)CNC(=O)CCCC(C)(C)C.Cl. The van der Waals surface area contributed by atoms with Crippen molar-refractivity contribution in [1.82, 2.24) is 5.32 Å². The summed E-state index contributed by atoms with van der Waals surface area (Å²) in [6, 6.07) is 0. The Balaban J connectivity index is 0. The molecule has 0 spiro atoms. The van der Waals surface area contributed by atoms with E-state index in [1.54, 1.807) is 0 Å². The Bertz CT molecular complexity index is 190. The van der Waals surface area contributed by atoms with Crippen molar-refractivity contribution in [1.29, 1.82) is 0 Å². The van der Waals surface area contributed by atoms with Crippen LogP contribution in [0.4, 0.5) is 0 Å². The predicted octanol–water partition coefficient (Wildman–Crippen LogP) is 2.34. The van der Waals surface area contributed by atoms with E-state index in [1.165, 1.54) is 0 Å². The van der Waals surface area contributed by atoms with Gasteiger partial charge in [0.1, 0.15) is 0 Å². The van der Waals surface area contributed by atoms with Crippen molar-refractivity contribution >= 4 is 18.3 Å². The molecule has 3 nitrogen and oxygen atoms in total. The molecule has 0 bridgehead atoms. The summed E-state index contributed by atoms with van der Waals surface area (Å²) >= 11 is 0. The van der Waals surface area contributed by atoms with E-state index in [4.69, 9.17) is 5.73 Å². The van der Waals surface area contributed by atoms with Crippen LogP contribution in [0.25, 0.3) is 0 Å². The maximum atomic E-state index is 11.4. The normalized spacial score (nSPS) is 12.8. The Kier molecular flexibility index (Phi) is 9.98. The Morgan fingerprint density at radius 1 is 1.38 bits per heavy atom. The van der Waals surface area contributed by atoms with Gasteiger partial charge >= 0.3 is 0 Å². The standard InChI is InChI=1S/C12H26N2O.ClH/c1-10(8-13)9-14-11(15)6-5-7-12(2,3)4;/h10H,5-9,13H2,1-4H3,(H,14,15);1H. The highest BCUT2D eigenvalue weighted by Gasteiger charge is 2.11. The Labute approximate surface area is 106 Å². The third kappa shape index (κ3) is 11.8. The van der Waals surface area contributed by atoms with Gasteiger partial charge in [-0.1, -0.05) is 27.7 Å². The molecule has 16 heavy (non-hydrogen) atoms. The zero-order chi connectivity index (χ0) is 11.9. The van der Waals surface area contributed by atoms with Crippen LogP contribution in [0.3, 0.4) is 0 Å². The molecule has 0 saturated carbocycles. The minimum Gasteiger partial charge on any atom is -0.356 e. The van der Waals surface area contributed by atoms with Gasteiger partial charge in [-0.15, -0.1) is 12.4 Å². The summed E-state index contributed by atoms with van der Waals surface area (Å²) in [5.74, 6) is 0.524. The zero-order valence-electron chi connectivity index (χ0n) is 11.0. The second-order valence-electron chi connectivity index (χ2n) is 5.56. The average Bonchev–Trinajstić information content (AvgIpc) is 2.12. The molecule has 4 heteroatoms. The number of nitrogens with two attached hydrogens (primary N) is 1. The van der Waals surface area contributed by atoms with Gasteiger partial charge < -0.3 is 11.1 Å². The van der Waals surface area contributed by atoms with Crippen LogP contribution in [0, 0.1) is 11.3 Å². The van der Waals surface area contributed by atoms with Crippen LogP contribution in [0.1, 0.15) is 47.0 Å². The smallest absolute Gasteiger partial charge is 0.220 e. The van der Waals surface area contributed by atoms with E-state index >= 15 is 0 Å². The molecule has 3 N–H and O–H groups in total. The molecule has 0 aromatic heterocycles. The van der Waals surface area contributed by atoms with Gasteiger partial charge in [0.2, 0.25) is 5.91 Å².